The second-order valence-electron chi connectivity index (χ2n) is 5.84. The smallest absolute Gasteiger partial charge is 0.0823 e. The van der Waals surface area contributed by atoms with E-state index in [4.69, 9.17) is 0 Å². The van der Waals surface area contributed by atoms with E-state index in [1.165, 1.54) is 19.3 Å². The molecule has 0 amide bonds. The van der Waals surface area contributed by atoms with E-state index >= 15 is 0 Å². The highest BCUT2D eigenvalue weighted by Gasteiger charge is 2.37. The van der Waals surface area contributed by atoms with Crippen molar-refractivity contribution < 1.29 is 5.11 Å². The maximum Gasteiger partial charge on any atom is 0.0823 e. The minimum Gasteiger partial charge on any atom is -0.388 e. The number of halogens is 1. The predicted molar refractivity (Wildman–Crippen MR) is 74.8 cm³/mol. The number of hydrogen-bond donors (Lipinski definition) is 1. The Hall–Kier alpha value is -0.340. The van der Waals surface area contributed by atoms with Gasteiger partial charge in [0.05, 0.1) is 6.10 Å². The Balaban J connectivity index is 2.18. The summed E-state index contributed by atoms with van der Waals surface area (Å²) in [5.74, 6) is 0.387. The number of hydrogen-bond acceptors (Lipinski definition) is 1. The molecule has 0 bridgehead atoms. The fraction of sp³-hybridized carbons (Fsp3) is 0.600. The summed E-state index contributed by atoms with van der Waals surface area (Å²) in [5.41, 5.74) is 1.30. The Labute approximate surface area is 112 Å². The van der Waals surface area contributed by atoms with Crippen molar-refractivity contribution in [3.8, 4) is 0 Å². The molecule has 1 saturated carbocycles. The van der Waals surface area contributed by atoms with Crippen LogP contribution in [0.2, 0.25) is 0 Å². The molecule has 94 valence electrons. The first-order valence-electron chi connectivity index (χ1n) is 6.44. The molecule has 1 aromatic carbocycles. The Bertz CT molecular complexity index is 369. The van der Waals surface area contributed by atoms with Gasteiger partial charge in [-0.1, -0.05) is 54.8 Å². The molecular formula is C15H21BrO. The minimum atomic E-state index is -0.321. The van der Waals surface area contributed by atoms with Gasteiger partial charge in [0.15, 0.2) is 0 Å². The third-order valence-corrected chi connectivity index (χ3v) is 4.71. The summed E-state index contributed by atoms with van der Waals surface area (Å²) in [6.07, 6.45) is 4.60. The van der Waals surface area contributed by atoms with Crippen molar-refractivity contribution >= 4 is 15.9 Å². The zero-order valence-electron chi connectivity index (χ0n) is 10.6. The van der Waals surface area contributed by atoms with Crippen molar-refractivity contribution in [2.75, 3.05) is 0 Å². The molecule has 2 heteroatoms. The third-order valence-electron chi connectivity index (χ3n) is 4.18. The van der Waals surface area contributed by atoms with Gasteiger partial charge in [0.25, 0.3) is 0 Å². The molecule has 1 aromatic rings. The molecule has 2 atom stereocenters. The summed E-state index contributed by atoms with van der Waals surface area (Å²) in [6, 6.07) is 8.07. The van der Waals surface area contributed by atoms with Crippen LogP contribution in [0.1, 0.15) is 51.2 Å². The summed E-state index contributed by atoms with van der Waals surface area (Å²) < 4.78 is 1.07. The number of aliphatic hydroxyl groups is 1. The first-order chi connectivity index (χ1) is 8.00. The zero-order valence-corrected chi connectivity index (χ0v) is 12.2. The average Bonchev–Trinajstić information content (AvgIpc) is 2.28. The quantitative estimate of drug-likeness (QED) is 0.839. The van der Waals surface area contributed by atoms with E-state index in [2.05, 4.69) is 29.8 Å². The lowest BCUT2D eigenvalue weighted by Crippen LogP contribution is -2.32. The van der Waals surface area contributed by atoms with E-state index in [-0.39, 0.29) is 11.5 Å². The highest BCUT2D eigenvalue weighted by atomic mass is 79.9. The molecule has 1 aliphatic carbocycles. The molecular weight excluding hydrogens is 276 g/mol. The van der Waals surface area contributed by atoms with Crippen LogP contribution in [0.3, 0.4) is 0 Å². The van der Waals surface area contributed by atoms with Crippen molar-refractivity contribution in [1.29, 1.82) is 0 Å². The molecule has 1 nitrogen and oxygen atoms in total. The molecule has 2 unspecified atom stereocenters. The standard InChI is InChI=1S/C15H21BrO/c1-15(2)10-4-3-5-13(15)14(17)11-6-8-12(16)9-7-11/h6-9,13-14,17H,3-5,10H2,1-2H3. The molecule has 0 heterocycles. The van der Waals surface area contributed by atoms with Gasteiger partial charge in [-0.15, -0.1) is 0 Å². The SMILES string of the molecule is CC1(C)CCCCC1C(O)c1ccc(Br)cc1. The lowest BCUT2D eigenvalue weighted by molar-refractivity contribution is 0.00385. The Morgan fingerprint density at radius 2 is 1.88 bits per heavy atom. The maximum absolute atomic E-state index is 10.6. The first kappa shape index (κ1) is 13.1. The van der Waals surface area contributed by atoms with Gasteiger partial charge >= 0.3 is 0 Å². The number of benzene rings is 1. The fourth-order valence-corrected chi connectivity index (χ4v) is 3.26. The van der Waals surface area contributed by atoms with Gasteiger partial charge in [-0.3, -0.25) is 0 Å². The molecule has 1 N–H and O–H groups in total. The summed E-state index contributed by atoms with van der Waals surface area (Å²) in [4.78, 5) is 0. The Morgan fingerprint density at radius 3 is 2.47 bits per heavy atom. The van der Waals surface area contributed by atoms with Crippen LogP contribution in [0.4, 0.5) is 0 Å². The lowest BCUT2D eigenvalue weighted by atomic mass is 9.65. The van der Waals surface area contributed by atoms with E-state index in [1.54, 1.807) is 0 Å². The highest BCUT2D eigenvalue weighted by Crippen LogP contribution is 2.46. The van der Waals surface area contributed by atoms with Crippen LogP contribution in [0.5, 0.6) is 0 Å². The molecule has 0 radical (unpaired) electrons. The molecule has 2 rings (SSSR count). The monoisotopic (exact) mass is 296 g/mol. The fourth-order valence-electron chi connectivity index (χ4n) is 3.00. The van der Waals surface area contributed by atoms with E-state index in [0.29, 0.717) is 5.92 Å². The Kier molecular flexibility index (Phi) is 3.94. The lowest BCUT2D eigenvalue weighted by Gasteiger charge is -2.41. The van der Waals surface area contributed by atoms with Crippen LogP contribution < -0.4 is 0 Å². The highest BCUT2D eigenvalue weighted by molar-refractivity contribution is 9.10. The van der Waals surface area contributed by atoms with E-state index in [9.17, 15) is 5.11 Å². The van der Waals surface area contributed by atoms with E-state index in [1.807, 2.05) is 24.3 Å². The van der Waals surface area contributed by atoms with Crippen LogP contribution in [-0.4, -0.2) is 5.11 Å². The van der Waals surface area contributed by atoms with E-state index < -0.39 is 0 Å². The average molecular weight is 297 g/mol. The van der Waals surface area contributed by atoms with Crippen LogP contribution in [0.15, 0.2) is 28.7 Å². The molecule has 0 saturated heterocycles. The third kappa shape index (κ3) is 2.92. The number of rotatable bonds is 2. The van der Waals surface area contributed by atoms with Crippen LogP contribution >= 0.6 is 15.9 Å². The van der Waals surface area contributed by atoms with Gasteiger partial charge in [0.2, 0.25) is 0 Å². The van der Waals surface area contributed by atoms with Gasteiger partial charge in [0.1, 0.15) is 0 Å². The second-order valence-corrected chi connectivity index (χ2v) is 6.75. The van der Waals surface area contributed by atoms with E-state index in [0.717, 1.165) is 16.5 Å². The largest absolute Gasteiger partial charge is 0.388 e. The van der Waals surface area contributed by atoms with Gasteiger partial charge < -0.3 is 5.11 Å². The zero-order chi connectivity index (χ0) is 12.5. The molecule has 17 heavy (non-hydrogen) atoms. The molecule has 0 aromatic heterocycles. The minimum absolute atomic E-state index is 0.255. The second kappa shape index (κ2) is 5.11. The summed E-state index contributed by atoms with van der Waals surface area (Å²) in [6.45, 7) is 4.58. The van der Waals surface area contributed by atoms with Crippen molar-refractivity contribution in [1.82, 2.24) is 0 Å². The van der Waals surface area contributed by atoms with Gasteiger partial charge in [0, 0.05) is 4.47 Å². The van der Waals surface area contributed by atoms with Crippen LogP contribution in [0.25, 0.3) is 0 Å². The predicted octanol–water partition coefficient (Wildman–Crippen LogP) is 4.70. The van der Waals surface area contributed by atoms with Gasteiger partial charge in [-0.05, 0) is 41.9 Å². The summed E-state index contributed by atoms with van der Waals surface area (Å²) in [7, 11) is 0. The van der Waals surface area contributed by atoms with Gasteiger partial charge in [-0.25, -0.2) is 0 Å². The van der Waals surface area contributed by atoms with Crippen LogP contribution in [-0.2, 0) is 0 Å². The number of aliphatic hydroxyl groups excluding tert-OH is 1. The molecule has 1 fully saturated rings. The normalized spacial score (nSPS) is 25.5. The van der Waals surface area contributed by atoms with Crippen molar-refractivity contribution in [2.24, 2.45) is 11.3 Å². The van der Waals surface area contributed by atoms with Crippen molar-refractivity contribution in [2.45, 2.75) is 45.6 Å². The maximum atomic E-state index is 10.6. The summed E-state index contributed by atoms with van der Waals surface area (Å²) >= 11 is 3.43. The Morgan fingerprint density at radius 1 is 1.24 bits per heavy atom. The summed E-state index contributed by atoms with van der Waals surface area (Å²) in [5, 5.41) is 10.6. The molecule has 1 aliphatic rings. The topological polar surface area (TPSA) is 20.2 Å². The molecule has 0 spiro atoms. The van der Waals surface area contributed by atoms with Gasteiger partial charge in [-0.2, -0.15) is 0 Å². The van der Waals surface area contributed by atoms with Crippen molar-refractivity contribution in [3.05, 3.63) is 34.3 Å². The van der Waals surface area contributed by atoms with Crippen molar-refractivity contribution in [3.63, 3.8) is 0 Å². The van der Waals surface area contributed by atoms with Crippen LogP contribution in [0, 0.1) is 11.3 Å². The molecule has 0 aliphatic heterocycles. The first-order valence-corrected chi connectivity index (χ1v) is 7.23.